The van der Waals surface area contributed by atoms with Crippen molar-refractivity contribution in [3.05, 3.63) is 36.5 Å². The van der Waals surface area contributed by atoms with E-state index in [4.69, 9.17) is 4.74 Å². The Kier molecular flexibility index (Phi) is 13.1. The molecule has 0 aromatic rings. The predicted molar refractivity (Wildman–Crippen MR) is 91.6 cm³/mol. The van der Waals surface area contributed by atoms with Gasteiger partial charge in [-0.05, 0) is 39.1 Å². The van der Waals surface area contributed by atoms with Crippen LogP contribution in [0.25, 0.3) is 0 Å². The smallest absolute Gasteiger partial charge is 0.397 e. The zero-order valence-corrected chi connectivity index (χ0v) is 14.7. The molecule has 0 saturated carbocycles. The molecule has 126 valence electrons. The number of esters is 1. The van der Waals surface area contributed by atoms with Crippen molar-refractivity contribution in [3.8, 4) is 0 Å². The lowest BCUT2D eigenvalue weighted by Gasteiger charge is -2.15. The number of nitrogens with zero attached hydrogens (tertiary/aromatic N) is 1. The molecule has 0 atom stereocenters. The van der Waals surface area contributed by atoms with Crippen LogP contribution >= 0.6 is 0 Å². The summed E-state index contributed by atoms with van der Waals surface area (Å²) in [6.45, 7) is 15.7. The lowest BCUT2D eigenvalue weighted by molar-refractivity contribution is -0.157. The number of likely N-dealkylation sites (N-methyl/N-ethyl adjacent to an activating group) is 1. The second kappa shape index (κ2) is 12.8. The minimum Gasteiger partial charge on any atom is -0.456 e. The normalized spacial score (nSPS) is 11.1. The van der Waals surface area contributed by atoms with E-state index in [2.05, 4.69) is 18.5 Å². The molecule has 0 spiro atoms. The van der Waals surface area contributed by atoms with Crippen molar-refractivity contribution in [1.29, 1.82) is 0 Å². The molecule has 0 unspecified atom stereocenters. The van der Waals surface area contributed by atoms with E-state index >= 15 is 0 Å². The van der Waals surface area contributed by atoms with Gasteiger partial charge in [0.1, 0.15) is 0 Å². The summed E-state index contributed by atoms with van der Waals surface area (Å²) in [5, 5.41) is 2.52. The third-order valence-electron chi connectivity index (χ3n) is 2.36. The third kappa shape index (κ3) is 9.94. The van der Waals surface area contributed by atoms with Crippen LogP contribution in [0.5, 0.6) is 0 Å². The van der Waals surface area contributed by atoms with Crippen LogP contribution in [-0.2, 0) is 14.3 Å². The lowest BCUT2D eigenvalue weighted by atomic mass is 10.1. The van der Waals surface area contributed by atoms with E-state index in [0.29, 0.717) is 6.54 Å². The van der Waals surface area contributed by atoms with Gasteiger partial charge in [-0.3, -0.25) is 4.79 Å². The van der Waals surface area contributed by atoms with Gasteiger partial charge in [0.25, 0.3) is 0 Å². The van der Waals surface area contributed by atoms with Gasteiger partial charge in [0.05, 0.1) is 6.10 Å². The molecule has 5 heteroatoms. The van der Waals surface area contributed by atoms with Crippen molar-refractivity contribution in [2.45, 2.75) is 33.8 Å². The predicted octanol–water partition coefficient (Wildman–Crippen LogP) is 2.31. The van der Waals surface area contributed by atoms with Crippen LogP contribution in [0.15, 0.2) is 36.5 Å². The Balaban J connectivity index is 0. The Labute approximate surface area is 134 Å². The van der Waals surface area contributed by atoms with Crippen molar-refractivity contribution in [2.24, 2.45) is 0 Å². The molecular weight excluding hydrogens is 280 g/mol. The second-order valence-corrected chi connectivity index (χ2v) is 4.83. The largest absolute Gasteiger partial charge is 0.456 e. The van der Waals surface area contributed by atoms with Gasteiger partial charge in [0.2, 0.25) is 0 Å². The summed E-state index contributed by atoms with van der Waals surface area (Å²) < 4.78 is 4.81. The van der Waals surface area contributed by atoms with Gasteiger partial charge in [-0.15, -0.1) is 0 Å². The molecule has 1 N–H and O–H groups in total. The summed E-state index contributed by atoms with van der Waals surface area (Å²) in [6.07, 6.45) is 3.05. The van der Waals surface area contributed by atoms with Crippen molar-refractivity contribution >= 4 is 11.9 Å². The number of amides is 1. The minimum absolute atomic E-state index is 0.213. The molecule has 0 aliphatic rings. The monoisotopic (exact) mass is 310 g/mol. The van der Waals surface area contributed by atoms with Crippen LogP contribution in [0.3, 0.4) is 0 Å². The van der Waals surface area contributed by atoms with E-state index in [-0.39, 0.29) is 12.6 Å². The Bertz CT molecular complexity index is 410. The van der Waals surface area contributed by atoms with Gasteiger partial charge in [-0.1, -0.05) is 39.2 Å². The van der Waals surface area contributed by atoms with E-state index in [1.165, 1.54) is 0 Å². The maximum Gasteiger partial charge on any atom is 0.397 e. The van der Waals surface area contributed by atoms with Crippen molar-refractivity contribution in [2.75, 3.05) is 27.2 Å². The minimum atomic E-state index is -0.879. The first-order valence-electron chi connectivity index (χ1n) is 7.42. The molecule has 0 radical (unpaired) electrons. The highest BCUT2D eigenvalue weighted by molar-refractivity contribution is 6.32. The summed E-state index contributed by atoms with van der Waals surface area (Å²) in [5.41, 5.74) is 1.77. The maximum atomic E-state index is 11.6. The van der Waals surface area contributed by atoms with Gasteiger partial charge in [0.15, 0.2) is 0 Å². The number of carbonyl (C=O) groups is 2. The molecular formula is C17H30N2O3. The average Bonchev–Trinajstić information content (AvgIpc) is 2.47. The fourth-order valence-corrected chi connectivity index (χ4v) is 1.47. The Hall–Kier alpha value is -1.88. The molecule has 0 bridgehead atoms. The van der Waals surface area contributed by atoms with Gasteiger partial charge in [0, 0.05) is 13.1 Å². The van der Waals surface area contributed by atoms with Crippen molar-refractivity contribution in [1.82, 2.24) is 10.2 Å². The molecule has 0 fully saturated rings. The topological polar surface area (TPSA) is 58.6 Å². The highest BCUT2D eigenvalue weighted by atomic mass is 16.5. The molecule has 0 rings (SSSR count). The first-order valence-corrected chi connectivity index (χ1v) is 7.42. The van der Waals surface area contributed by atoms with Gasteiger partial charge in [-0.2, -0.15) is 0 Å². The highest BCUT2D eigenvalue weighted by Crippen LogP contribution is 2.07. The summed E-state index contributed by atoms with van der Waals surface area (Å²) >= 11 is 0. The van der Waals surface area contributed by atoms with Crippen molar-refractivity contribution in [3.63, 3.8) is 0 Å². The van der Waals surface area contributed by atoms with Gasteiger partial charge in [-0.25, -0.2) is 4.79 Å². The number of nitrogens with one attached hydrogen (secondary N) is 1. The average molecular weight is 310 g/mol. The molecule has 22 heavy (non-hydrogen) atoms. The van der Waals surface area contributed by atoms with Gasteiger partial charge < -0.3 is 15.0 Å². The van der Waals surface area contributed by atoms with Crippen LogP contribution < -0.4 is 5.32 Å². The molecule has 0 heterocycles. The SMILES string of the molecule is C=C/C(CNC(=O)C(=O)OC(C)C)=C(\C=C)CN(C)C.CC. The second-order valence-electron chi connectivity index (χ2n) is 4.83. The first-order chi connectivity index (χ1) is 10.3. The van der Waals surface area contributed by atoms with Crippen LogP contribution in [0.1, 0.15) is 27.7 Å². The Morgan fingerprint density at radius 3 is 2.00 bits per heavy atom. The third-order valence-corrected chi connectivity index (χ3v) is 2.36. The van der Waals surface area contributed by atoms with E-state index < -0.39 is 11.9 Å². The van der Waals surface area contributed by atoms with Gasteiger partial charge >= 0.3 is 11.9 Å². The lowest BCUT2D eigenvalue weighted by Crippen LogP contribution is -2.35. The zero-order chi connectivity index (χ0) is 17.7. The highest BCUT2D eigenvalue weighted by Gasteiger charge is 2.16. The molecule has 0 saturated heterocycles. The van der Waals surface area contributed by atoms with Crippen LogP contribution in [0.2, 0.25) is 0 Å². The molecule has 0 aromatic heterocycles. The molecule has 5 nitrogen and oxygen atoms in total. The van der Waals surface area contributed by atoms with E-state index in [0.717, 1.165) is 11.1 Å². The number of carbonyl (C=O) groups excluding carboxylic acids is 2. The molecule has 0 aliphatic carbocycles. The number of hydrogen-bond donors (Lipinski definition) is 1. The summed E-state index contributed by atoms with van der Waals surface area (Å²) in [6, 6.07) is 0. The summed E-state index contributed by atoms with van der Waals surface area (Å²) in [7, 11) is 3.87. The van der Waals surface area contributed by atoms with E-state index in [1.807, 2.05) is 32.8 Å². The number of hydrogen-bond acceptors (Lipinski definition) is 4. The maximum absolute atomic E-state index is 11.6. The number of ether oxygens (including phenoxy) is 1. The summed E-state index contributed by atoms with van der Waals surface area (Å²) in [4.78, 5) is 24.9. The fourth-order valence-electron chi connectivity index (χ4n) is 1.47. The zero-order valence-electron chi connectivity index (χ0n) is 14.7. The molecule has 0 aliphatic heterocycles. The Morgan fingerprint density at radius 1 is 1.14 bits per heavy atom. The summed E-state index contributed by atoms with van der Waals surface area (Å²) in [5.74, 6) is -1.64. The van der Waals surface area contributed by atoms with Crippen molar-refractivity contribution < 1.29 is 14.3 Å². The number of rotatable bonds is 7. The Morgan fingerprint density at radius 2 is 1.64 bits per heavy atom. The van der Waals surface area contributed by atoms with Crippen LogP contribution in [0, 0.1) is 0 Å². The molecule has 1 amide bonds. The fraction of sp³-hybridized carbons (Fsp3) is 0.529. The van der Waals surface area contributed by atoms with E-state index in [1.54, 1.807) is 26.0 Å². The molecule has 0 aromatic carbocycles. The standard InChI is InChI=1S/C15H24N2O3.C2H6/c1-7-12(13(8-2)10-17(5)6)9-16-14(18)15(19)20-11(3)4;1-2/h7-8,11H,1-2,9-10H2,3-6H3,(H,16,18);1-2H3/b13-12-;. The van der Waals surface area contributed by atoms with E-state index in [9.17, 15) is 9.59 Å². The quantitative estimate of drug-likeness (QED) is 0.445. The first kappa shape index (κ1) is 22.4. The van der Waals surface area contributed by atoms with Crippen LogP contribution in [-0.4, -0.2) is 50.1 Å². The van der Waals surface area contributed by atoms with Crippen LogP contribution in [0.4, 0.5) is 0 Å².